The molecule has 2 aromatic rings. The van der Waals surface area contributed by atoms with Crippen LogP contribution >= 0.6 is 0 Å². The van der Waals surface area contributed by atoms with Gasteiger partial charge >= 0.3 is 0 Å². The molecule has 0 saturated heterocycles. The summed E-state index contributed by atoms with van der Waals surface area (Å²) in [5.74, 6) is 0.804. The SMILES string of the molecule is CCN(CCCNc1nc2ccccc2n1C)S(C)(=O)=O. The van der Waals surface area contributed by atoms with Gasteiger partial charge in [-0.2, -0.15) is 0 Å². The van der Waals surface area contributed by atoms with E-state index in [1.54, 1.807) is 0 Å². The first kappa shape index (κ1) is 15.8. The fraction of sp³-hybridized carbons (Fsp3) is 0.500. The van der Waals surface area contributed by atoms with E-state index in [-0.39, 0.29) is 0 Å². The predicted molar refractivity (Wildman–Crippen MR) is 85.9 cm³/mol. The quantitative estimate of drug-likeness (QED) is 0.790. The lowest BCUT2D eigenvalue weighted by molar-refractivity contribution is 0.428. The van der Waals surface area contributed by atoms with E-state index in [9.17, 15) is 8.42 Å². The highest BCUT2D eigenvalue weighted by Crippen LogP contribution is 2.17. The molecule has 1 aromatic heterocycles. The zero-order chi connectivity index (χ0) is 15.5. The van der Waals surface area contributed by atoms with E-state index in [2.05, 4.69) is 10.3 Å². The fourth-order valence-electron chi connectivity index (χ4n) is 2.32. The zero-order valence-electron chi connectivity index (χ0n) is 12.7. The number of imidazole rings is 1. The molecule has 0 aliphatic carbocycles. The largest absolute Gasteiger partial charge is 0.356 e. The van der Waals surface area contributed by atoms with E-state index in [0.29, 0.717) is 19.6 Å². The van der Waals surface area contributed by atoms with Crippen molar-refractivity contribution in [3.05, 3.63) is 24.3 Å². The Balaban J connectivity index is 1.92. The average molecular weight is 310 g/mol. The van der Waals surface area contributed by atoms with Gasteiger partial charge < -0.3 is 9.88 Å². The Morgan fingerprint density at radius 3 is 2.67 bits per heavy atom. The molecule has 0 aliphatic heterocycles. The van der Waals surface area contributed by atoms with Crippen LogP contribution in [0.5, 0.6) is 0 Å². The molecule has 0 saturated carbocycles. The summed E-state index contributed by atoms with van der Waals surface area (Å²) in [5, 5.41) is 3.26. The molecule has 6 nitrogen and oxygen atoms in total. The molecule has 1 aromatic carbocycles. The van der Waals surface area contributed by atoms with E-state index >= 15 is 0 Å². The third kappa shape index (κ3) is 3.74. The summed E-state index contributed by atoms with van der Waals surface area (Å²) in [5.41, 5.74) is 2.03. The Hall–Kier alpha value is -1.60. The van der Waals surface area contributed by atoms with E-state index < -0.39 is 10.0 Å². The zero-order valence-corrected chi connectivity index (χ0v) is 13.5. The van der Waals surface area contributed by atoms with Gasteiger partial charge in [0.15, 0.2) is 0 Å². The number of anilines is 1. The second-order valence-corrected chi connectivity index (χ2v) is 7.00. The minimum atomic E-state index is -3.10. The van der Waals surface area contributed by atoms with E-state index in [4.69, 9.17) is 0 Å². The van der Waals surface area contributed by atoms with Gasteiger partial charge in [0.05, 0.1) is 17.3 Å². The van der Waals surface area contributed by atoms with Crippen molar-refractivity contribution in [1.29, 1.82) is 0 Å². The monoisotopic (exact) mass is 310 g/mol. The highest BCUT2D eigenvalue weighted by molar-refractivity contribution is 7.88. The van der Waals surface area contributed by atoms with Crippen molar-refractivity contribution < 1.29 is 8.42 Å². The van der Waals surface area contributed by atoms with Gasteiger partial charge in [0, 0.05) is 26.7 Å². The molecule has 116 valence electrons. The highest BCUT2D eigenvalue weighted by atomic mass is 32.2. The number of aryl methyl sites for hydroxylation is 1. The smallest absolute Gasteiger partial charge is 0.211 e. The van der Waals surface area contributed by atoms with Crippen LogP contribution in [0.1, 0.15) is 13.3 Å². The van der Waals surface area contributed by atoms with E-state index in [1.165, 1.54) is 10.6 Å². The molecule has 0 radical (unpaired) electrons. The van der Waals surface area contributed by atoms with Gasteiger partial charge in [-0.3, -0.25) is 0 Å². The third-order valence-corrected chi connectivity index (χ3v) is 4.86. The molecular weight excluding hydrogens is 288 g/mol. The normalized spacial score (nSPS) is 12.2. The summed E-state index contributed by atoms with van der Waals surface area (Å²) in [6.07, 6.45) is 1.99. The maximum atomic E-state index is 11.5. The standard InChI is InChI=1S/C14H22N4O2S/c1-4-18(21(3,19)20)11-7-10-15-14-16-12-8-5-6-9-13(12)17(14)2/h5-6,8-9H,4,7,10-11H2,1-3H3,(H,15,16). The van der Waals surface area contributed by atoms with Crippen molar-refractivity contribution >= 4 is 27.0 Å². The van der Waals surface area contributed by atoms with Crippen LogP contribution in [-0.2, 0) is 17.1 Å². The maximum absolute atomic E-state index is 11.5. The number of para-hydroxylation sites is 2. The van der Waals surface area contributed by atoms with Gasteiger partial charge in [0.25, 0.3) is 0 Å². The molecule has 1 heterocycles. The first-order valence-corrected chi connectivity index (χ1v) is 8.88. The molecule has 0 unspecified atom stereocenters. The molecule has 2 rings (SSSR count). The number of hydrogen-bond acceptors (Lipinski definition) is 4. The predicted octanol–water partition coefficient (Wildman–Crippen LogP) is 1.66. The number of rotatable bonds is 7. The van der Waals surface area contributed by atoms with E-state index in [0.717, 1.165) is 23.4 Å². The molecule has 0 bridgehead atoms. The molecule has 0 fully saturated rings. The van der Waals surface area contributed by atoms with E-state index in [1.807, 2.05) is 42.8 Å². The van der Waals surface area contributed by atoms with Gasteiger partial charge in [0.2, 0.25) is 16.0 Å². The molecule has 7 heteroatoms. The number of aromatic nitrogens is 2. The van der Waals surface area contributed by atoms with Crippen LogP contribution in [0.3, 0.4) is 0 Å². The molecular formula is C14H22N4O2S. The second-order valence-electron chi connectivity index (χ2n) is 5.02. The summed E-state index contributed by atoms with van der Waals surface area (Å²) >= 11 is 0. The minimum absolute atomic E-state index is 0.505. The van der Waals surface area contributed by atoms with Crippen molar-refractivity contribution in [2.45, 2.75) is 13.3 Å². The van der Waals surface area contributed by atoms with Crippen molar-refractivity contribution in [3.8, 4) is 0 Å². The van der Waals surface area contributed by atoms with Crippen LogP contribution in [0.2, 0.25) is 0 Å². The van der Waals surface area contributed by atoms with Crippen LogP contribution in [-0.4, -0.2) is 48.2 Å². The Kier molecular flexibility index (Phi) is 4.84. The summed E-state index contributed by atoms with van der Waals surface area (Å²) in [6.45, 7) is 3.56. The van der Waals surface area contributed by atoms with Crippen LogP contribution < -0.4 is 5.32 Å². The maximum Gasteiger partial charge on any atom is 0.211 e. The number of fused-ring (bicyclic) bond motifs is 1. The first-order valence-electron chi connectivity index (χ1n) is 7.04. The van der Waals surface area contributed by atoms with Crippen LogP contribution in [0, 0.1) is 0 Å². The lowest BCUT2D eigenvalue weighted by atomic mass is 10.3. The fourth-order valence-corrected chi connectivity index (χ4v) is 3.25. The summed E-state index contributed by atoms with van der Waals surface area (Å²) < 4.78 is 26.5. The average Bonchev–Trinajstić information content (AvgIpc) is 2.75. The Morgan fingerprint density at radius 2 is 2.05 bits per heavy atom. The minimum Gasteiger partial charge on any atom is -0.356 e. The molecule has 0 aliphatic rings. The third-order valence-electron chi connectivity index (χ3n) is 3.48. The number of nitrogens with one attached hydrogen (secondary N) is 1. The number of hydrogen-bond donors (Lipinski definition) is 1. The number of benzene rings is 1. The second kappa shape index (κ2) is 6.44. The highest BCUT2D eigenvalue weighted by Gasteiger charge is 2.13. The molecule has 1 N–H and O–H groups in total. The topological polar surface area (TPSA) is 67.2 Å². The van der Waals surface area contributed by atoms with Gasteiger partial charge in [-0.15, -0.1) is 0 Å². The summed E-state index contributed by atoms with van der Waals surface area (Å²) in [7, 11) is -1.14. The molecule has 21 heavy (non-hydrogen) atoms. The first-order chi connectivity index (χ1) is 9.93. The molecule has 0 spiro atoms. The van der Waals surface area contributed by atoms with Crippen molar-refractivity contribution in [1.82, 2.24) is 13.9 Å². The van der Waals surface area contributed by atoms with Gasteiger partial charge in [-0.1, -0.05) is 19.1 Å². The van der Waals surface area contributed by atoms with Gasteiger partial charge in [-0.25, -0.2) is 17.7 Å². The van der Waals surface area contributed by atoms with Crippen molar-refractivity contribution in [2.24, 2.45) is 7.05 Å². The lowest BCUT2D eigenvalue weighted by Gasteiger charge is -2.17. The van der Waals surface area contributed by atoms with Crippen molar-refractivity contribution in [3.63, 3.8) is 0 Å². The van der Waals surface area contributed by atoms with Crippen LogP contribution in [0.15, 0.2) is 24.3 Å². The Bertz CT molecular complexity index is 709. The summed E-state index contributed by atoms with van der Waals surface area (Å²) in [6, 6.07) is 7.95. The van der Waals surface area contributed by atoms with Crippen LogP contribution in [0.4, 0.5) is 5.95 Å². The molecule has 0 amide bonds. The van der Waals surface area contributed by atoms with Crippen LogP contribution in [0.25, 0.3) is 11.0 Å². The molecule has 0 atom stereocenters. The van der Waals surface area contributed by atoms with Crippen molar-refractivity contribution in [2.75, 3.05) is 31.2 Å². The number of nitrogens with zero attached hydrogens (tertiary/aromatic N) is 3. The van der Waals surface area contributed by atoms with Gasteiger partial charge in [-0.05, 0) is 18.6 Å². The lowest BCUT2D eigenvalue weighted by Crippen LogP contribution is -2.31. The van der Waals surface area contributed by atoms with Gasteiger partial charge in [0.1, 0.15) is 0 Å². The Morgan fingerprint density at radius 1 is 1.33 bits per heavy atom. The number of sulfonamides is 1. The summed E-state index contributed by atoms with van der Waals surface area (Å²) in [4.78, 5) is 4.52. The Labute approximate surface area is 125 Å².